The Morgan fingerprint density at radius 2 is 2.35 bits per heavy atom. The van der Waals surface area contributed by atoms with Crippen molar-refractivity contribution in [1.82, 2.24) is 9.55 Å². The van der Waals surface area contributed by atoms with Crippen molar-refractivity contribution in [3.8, 4) is 0 Å². The number of imidazole rings is 1. The minimum atomic E-state index is 0.786. The molecule has 2 aromatic heterocycles. The summed E-state index contributed by atoms with van der Waals surface area (Å²) in [7, 11) is 0. The predicted octanol–water partition coefficient (Wildman–Crippen LogP) is 3.33. The maximum atomic E-state index is 5.34. The fraction of sp³-hybridized carbons (Fsp3) is 0.533. The van der Waals surface area contributed by atoms with Crippen molar-refractivity contribution in [3.05, 3.63) is 34.3 Å². The van der Waals surface area contributed by atoms with Gasteiger partial charge in [0.15, 0.2) is 0 Å². The lowest BCUT2D eigenvalue weighted by molar-refractivity contribution is 0.147. The maximum Gasteiger partial charge on any atom is 0.203 e. The number of nitrogens with zero attached hydrogens (tertiary/aromatic N) is 2. The van der Waals surface area contributed by atoms with E-state index in [2.05, 4.69) is 38.6 Å². The Kier molecular flexibility index (Phi) is 6.08. The second-order valence-corrected chi connectivity index (χ2v) is 5.74. The van der Waals surface area contributed by atoms with Gasteiger partial charge in [0.1, 0.15) is 0 Å². The van der Waals surface area contributed by atoms with Crippen LogP contribution in [0.2, 0.25) is 0 Å². The SMILES string of the molecule is CCOCCCNc1nc(C)cn1CCc1cccs1. The summed E-state index contributed by atoms with van der Waals surface area (Å²) in [5, 5.41) is 5.52. The fourth-order valence-corrected chi connectivity index (χ4v) is 2.76. The number of aromatic nitrogens is 2. The zero-order valence-corrected chi connectivity index (χ0v) is 13.1. The van der Waals surface area contributed by atoms with Gasteiger partial charge in [-0.25, -0.2) is 4.98 Å². The highest BCUT2D eigenvalue weighted by molar-refractivity contribution is 7.09. The van der Waals surface area contributed by atoms with Crippen molar-refractivity contribution < 1.29 is 4.74 Å². The van der Waals surface area contributed by atoms with Crippen molar-refractivity contribution in [1.29, 1.82) is 0 Å². The van der Waals surface area contributed by atoms with Gasteiger partial charge in [0, 0.05) is 37.4 Å². The quantitative estimate of drug-likeness (QED) is 0.721. The van der Waals surface area contributed by atoms with Crippen LogP contribution in [-0.4, -0.2) is 29.3 Å². The van der Waals surface area contributed by atoms with Crippen LogP contribution in [0.5, 0.6) is 0 Å². The van der Waals surface area contributed by atoms with Gasteiger partial charge in [0.25, 0.3) is 0 Å². The molecule has 2 aromatic rings. The molecule has 5 heteroatoms. The molecule has 0 saturated carbocycles. The number of nitrogens with one attached hydrogen (secondary N) is 1. The van der Waals surface area contributed by atoms with Crippen LogP contribution < -0.4 is 5.32 Å². The van der Waals surface area contributed by atoms with E-state index in [0.717, 1.165) is 50.8 Å². The third-order valence-corrected chi connectivity index (χ3v) is 3.97. The summed E-state index contributed by atoms with van der Waals surface area (Å²) in [6, 6.07) is 4.29. The molecule has 1 N–H and O–H groups in total. The molecule has 0 aromatic carbocycles. The van der Waals surface area contributed by atoms with Gasteiger partial charge in [0.2, 0.25) is 5.95 Å². The molecule has 0 aliphatic heterocycles. The first-order chi connectivity index (χ1) is 9.79. The van der Waals surface area contributed by atoms with Crippen LogP contribution >= 0.6 is 11.3 Å². The summed E-state index contributed by atoms with van der Waals surface area (Å²) in [5.41, 5.74) is 1.06. The van der Waals surface area contributed by atoms with Crippen LogP contribution in [0.1, 0.15) is 23.9 Å². The molecular formula is C15H23N3OS. The lowest BCUT2D eigenvalue weighted by Crippen LogP contribution is -2.11. The van der Waals surface area contributed by atoms with Crippen molar-refractivity contribution in [2.24, 2.45) is 0 Å². The number of rotatable bonds is 9. The van der Waals surface area contributed by atoms with Crippen molar-refractivity contribution >= 4 is 17.3 Å². The lowest BCUT2D eigenvalue weighted by atomic mass is 10.3. The molecule has 0 bridgehead atoms. The van der Waals surface area contributed by atoms with Gasteiger partial charge >= 0.3 is 0 Å². The molecule has 0 aliphatic rings. The van der Waals surface area contributed by atoms with Gasteiger partial charge in [-0.3, -0.25) is 0 Å². The second kappa shape index (κ2) is 8.07. The van der Waals surface area contributed by atoms with E-state index in [-0.39, 0.29) is 0 Å². The summed E-state index contributed by atoms with van der Waals surface area (Å²) < 4.78 is 7.54. The van der Waals surface area contributed by atoms with Crippen LogP contribution in [0.15, 0.2) is 23.7 Å². The van der Waals surface area contributed by atoms with E-state index < -0.39 is 0 Å². The Labute approximate surface area is 124 Å². The van der Waals surface area contributed by atoms with Gasteiger partial charge in [-0.2, -0.15) is 0 Å². The van der Waals surface area contributed by atoms with Crippen LogP contribution in [0.3, 0.4) is 0 Å². The number of hydrogen-bond acceptors (Lipinski definition) is 4. The second-order valence-electron chi connectivity index (χ2n) is 4.71. The van der Waals surface area contributed by atoms with Crippen LogP contribution in [-0.2, 0) is 17.7 Å². The highest BCUT2D eigenvalue weighted by Gasteiger charge is 2.05. The standard InChI is InChI=1S/C15H23N3OS/c1-3-19-10-5-8-16-15-17-13(2)12-18(15)9-7-14-6-4-11-20-14/h4,6,11-12H,3,5,7-10H2,1-2H3,(H,16,17). The summed E-state index contributed by atoms with van der Waals surface area (Å²) in [5.74, 6) is 0.968. The van der Waals surface area contributed by atoms with Gasteiger partial charge in [-0.05, 0) is 38.1 Å². The Morgan fingerprint density at radius 1 is 1.45 bits per heavy atom. The smallest absolute Gasteiger partial charge is 0.203 e. The number of hydrogen-bond donors (Lipinski definition) is 1. The van der Waals surface area contributed by atoms with Crippen LogP contribution in [0.25, 0.3) is 0 Å². The van der Waals surface area contributed by atoms with E-state index in [1.807, 2.05) is 25.2 Å². The van der Waals surface area contributed by atoms with E-state index in [4.69, 9.17) is 4.74 Å². The molecule has 0 spiro atoms. The molecule has 4 nitrogen and oxygen atoms in total. The average Bonchev–Trinajstić information content (AvgIpc) is 3.06. The molecule has 0 aliphatic carbocycles. The lowest BCUT2D eigenvalue weighted by Gasteiger charge is -2.09. The van der Waals surface area contributed by atoms with E-state index in [0.29, 0.717) is 0 Å². The number of aryl methyl sites for hydroxylation is 3. The molecule has 0 saturated heterocycles. The first-order valence-electron chi connectivity index (χ1n) is 7.17. The summed E-state index contributed by atoms with van der Waals surface area (Å²) in [6.07, 6.45) is 4.17. The minimum Gasteiger partial charge on any atom is -0.382 e. The molecule has 110 valence electrons. The molecule has 20 heavy (non-hydrogen) atoms. The van der Waals surface area contributed by atoms with E-state index in [9.17, 15) is 0 Å². The van der Waals surface area contributed by atoms with E-state index in [1.54, 1.807) is 0 Å². The minimum absolute atomic E-state index is 0.786. The monoisotopic (exact) mass is 293 g/mol. The number of ether oxygens (including phenoxy) is 1. The van der Waals surface area contributed by atoms with Gasteiger partial charge in [0.05, 0.1) is 5.69 Å². The highest BCUT2D eigenvalue weighted by atomic mass is 32.1. The van der Waals surface area contributed by atoms with E-state index in [1.165, 1.54) is 4.88 Å². The zero-order chi connectivity index (χ0) is 14.2. The van der Waals surface area contributed by atoms with E-state index >= 15 is 0 Å². The summed E-state index contributed by atoms with van der Waals surface area (Å²) >= 11 is 1.81. The first-order valence-corrected chi connectivity index (χ1v) is 8.05. The summed E-state index contributed by atoms with van der Waals surface area (Å²) in [6.45, 7) is 7.51. The molecule has 0 fully saturated rings. The summed E-state index contributed by atoms with van der Waals surface area (Å²) in [4.78, 5) is 5.96. The molecule has 0 amide bonds. The normalized spacial score (nSPS) is 10.9. The Balaban J connectivity index is 1.82. The van der Waals surface area contributed by atoms with Crippen LogP contribution in [0, 0.1) is 6.92 Å². The third kappa shape index (κ3) is 4.65. The van der Waals surface area contributed by atoms with Crippen molar-refractivity contribution in [3.63, 3.8) is 0 Å². The third-order valence-electron chi connectivity index (χ3n) is 3.03. The maximum absolute atomic E-state index is 5.34. The van der Waals surface area contributed by atoms with Crippen LogP contribution in [0.4, 0.5) is 5.95 Å². The highest BCUT2D eigenvalue weighted by Crippen LogP contribution is 2.13. The molecule has 2 rings (SSSR count). The largest absolute Gasteiger partial charge is 0.382 e. The van der Waals surface area contributed by atoms with Crippen molar-refractivity contribution in [2.45, 2.75) is 33.2 Å². The zero-order valence-electron chi connectivity index (χ0n) is 12.3. The molecule has 2 heterocycles. The van der Waals surface area contributed by atoms with Gasteiger partial charge in [-0.15, -0.1) is 11.3 Å². The first kappa shape index (κ1) is 15.1. The average molecular weight is 293 g/mol. The fourth-order valence-electron chi connectivity index (χ4n) is 2.06. The van der Waals surface area contributed by atoms with Gasteiger partial charge in [-0.1, -0.05) is 6.07 Å². The number of anilines is 1. The Morgan fingerprint density at radius 3 is 3.10 bits per heavy atom. The number of thiophene rings is 1. The topological polar surface area (TPSA) is 39.1 Å². The Hall–Kier alpha value is -1.33. The van der Waals surface area contributed by atoms with Crippen molar-refractivity contribution in [2.75, 3.05) is 25.1 Å². The van der Waals surface area contributed by atoms with Gasteiger partial charge < -0.3 is 14.6 Å². The molecule has 0 radical (unpaired) electrons. The molecule has 0 atom stereocenters. The molecular weight excluding hydrogens is 270 g/mol. The Bertz CT molecular complexity index is 493. The predicted molar refractivity (Wildman–Crippen MR) is 84.6 cm³/mol. The molecule has 0 unspecified atom stereocenters.